The second-order valence-corrected chi connectivity index (χ2v) is 6.18. The zero-order valence-corrected chi connectivity index (χ0v) is 15.4. The lowest BCUT2D eigenvalue weighted by atomic mass is 10.1. The van der Waals surface area contributed by atoms with Crippen LogP contribution in [0.5, 0.6) is 0 Å². The molecule has 2 aromatic heterocycles. The van der Waals surface area contributed by atoms with Crippen molar-refractivity contribution in [2.75, 3.05) is 5.32 Å². The molecular weight excluding hydrogens is 362 g/mol. The van der Waals surface area contributed by atoms with Gasteiger partial charge in [0.15, 0.2) is 0 Å². The summed E-state index contributed by atoms with van der Waals surface area (Å²) in [7, 11) is 0. The average Bonchev–Trinajstić information content (AvgIpc) is 3.01. The van der Waals surface area contributed by atoms with Gasteiger partial charge < -0.3 is 15.2 Å². The van der Waals surface area contributed by atoms with Gasteiger partial charge in [-0.15, -0.1) is 0 Å². The Morgan fingerprint density at radius 2 is 1.93 bits per heavy atom. The molecule has 0 radical (unpaired) electrons. The van der Waals surface area contributed by atoms with Crippen LogP contribution in [-0.2, 0) is 6.42 Å². The van der Waals surface area contributed by atoms with Gasteiger partial charge in [-0.25, -0.2) is 4.98 Å². The summed E-state index contributed by atoms with van der Waals surface area (Å²) in [4.78, 5) is 42.8. The summed E-state index contributed by atoms with van der Waals surface area (Å²) in [5.41, 5.74) is 0.579. The van der Waals surface area contributed by atoms with Crippen molar-refractivity contribution in [2.45, 2.75) is 26.7 Å². The number of H-pyrrole nitrogens is 1. The highest BCUT2D eigenvalue weighted by molar-refractivity contribution is 6.10. The summed E-state index contributed by atoms with van der Waals surface area (Å²) in [5, 5.41) is 18.1. The average molecular weight is 380 g/mol. The lowest BCUT2D eigenvalue weighted by Crippen LogP contribution is -2.27. The molecule has 0 aliphatic carbocycles. The minimum absolute atomic E-state index is 0.0471. The molecule has 0 saturated carbocycles. The number of anilines is 1. The van der Waals surface area contributed by atoms with Gasteiger partial charge in [0.2, 0.25) is 5.95 Å². The van der Waals surface area contributed by atoms with Gasteiger partial charge in [-0.2, -0.15) is 9.78 Å². The van der Waals surface area contributed by atoms with Crippen LogP contribution in [0, 0.1) is 6.92 Å². The Labute approximate surface area is 160 Å². The number of nitrogens with one attached hydrogen (secondary N) is 2. The van der Waals surface area contributed by atoms with Crippen molar-refractivity contribution in [3.8, 4) is 5.95 Å². The molecule has 28 heavy (non-hydrogen) atoms. The van der Waals surface area contributed by atoms with Crippen molar-refractivity contribution in [3.63, 3.8) is 0 Å². The van der Waals surface area contributed by atoms with Crippen molar-refractivity contribution < 1.29 is 14.7 Å². The molecule has 2 heterocycles. The Balaban J connectivity index is 1.99. The number of rotatable bonds is 6. The van der Waals surface area contributed by atoms with Crippen LogP contribution in [-0.4, -0.2) is 31.6 Å². The highest BCUT2D eigenvalue weighted by Gasteiger charge is 2.17. The largest absolute Gasteiger partial charge is 0.545 e. The van der Waals surface area contributed by atoms with Crippen LogP contribution in [0.1, 0.15) is 45.4 Å². The van der Waals surface area contributed by atoms with Gasteiger partial charge in [-0.3, -0.25) is 14.6 Å². The fourth-order valence-corrected chi connectivity index (χ4v) is 2.77. The maximum atomic E-state index is 12.6. The number of carboxylic acids is 1. The Hall–Kier alpha value is -3.75. The van der Waals surface area contributed by atoms with Gasteiger partial charge in [-0.1, -0.05) is 31.5 Å². The maximum absolute atomic E-state index is 12.6. The summed E-state index contributed by atoms with van der Waals surface area (Å²) >= 11 is 0. The summed E-state index contributed by atoms with van der Waals surface area (Å²) in [5.74, 6) is -1.69. The van der Waals surface area contributed by atoms with Gasteiger partial charge in [0.1, 0.15) is 5.82 Å². The molecule has 0 fully saturated rings. The second kappa shape index (κ2) is 7.87. The van der Waals surface area contributed by atoms with E-state index in [0.29, 0.717) is 17.8 Å². The number of amides is 1. The predicted molar refractivity (Wildman–Crippen MR) is 99.4 cm³/mol. The monoisotopic (exact) mass is 380 g/mol. The van der Waals surface area contributed by atoms with Crippen molar-refractivity contribution in [2.24, 2.45) is 0 Å². The Kier molecular flexibility index (Phi) is 5.35. The molecule has 0 aliphatic heterocycles. The molecule has 9 nitrogen and oxygen atoms in total. The van der Waals surface area contributed by atoms with E-state index in [2.05, 4.69) is 20.4 Å². The number of aromatic carboxylic acids is 1. The van der Waals surface area contributed by atoms with E-state index in [1.807, 2.05) is 6.92 Å². The van der Waals surface area contributed by atoms with Gasteiger partial charge in [0.05, 0.1) is 11.7 Å². The fourth-order valence-electron chi connectivity index (χ4n) is 2.77. The van der Waals surface area contributed by atoms with E-state index < -0.39 is 11.9 Å². The molecule has 0 bridgehead atoms. The maximum Gasteiger partial charge on any atom is 0.257 e. The summed E-state index contributed by atoms with van der Waals surface area (Å²) in [6.07, 6.45) is 1.44. The molecule has 1 aromatic carbocycles. The quantitative estimate of drug-likeness (QED) is 0.651. The molecule has 2 N–H and O–H groups in total. The van der Waals surface area contributed by atoms with E-state index in [1.165, 1.54) is 28.9 Å². The number of hydrogen-bond donors (Lipinski definition) is 2. The van der Waals surface area contributed by atoms with Gasteiger partial charge in [0, 0.05) is 29.0 Å². The smallest absolute Gasteiger partial charge is 0.257 e. The van der Waals surface area contributed by atoms with Crippen LogP contribution in [0.4, 0.5) is 5.82 Å². The Morgan fingerprint density at radius 3 is 2.61 bits per heavy atom. The predicted octanol–water partition coefficient (Wildman–Crippen LogP) is 0.832. The van der Waals surface area contributed by atoms with Crippen LogP contribution < -0.4 is 16.0 Å². The highest BCUT2D eigenvalue weighted by atomic mass is 16.4. The lowest BCUT2D eigenvalue weighted by Gasteiger charge is -2.12. The number of hydrogen-bond acceptors (Lipinski definition) is 6. The lowest BCUT2D eigenvalue weighted by molar-refractivity contribution is -0.255. The number of carboxylic acid groups (broad SMARTS) is 1. The second-order valence-electron chi connectivity index (χ2n) is 6.18. The molecule has 144 valence electrons. The zero-order chi connectivity index (χ0) is 20.3. The third-order valence-electron chi connectivity index (χ3n) is 3.95. The third kappa shape index (κ3) is 3.98. The molecule has 0 aliphatic rings. The number of aryl methyl sites for hydroxylation is 2. The van der Waals surface area contributed by atoms with Crippen molar-refractivity contribution in [1.82, 2.24) is 19.7 Å². The summed E-state index contributed by atoms with van der Waals surface area (Å²) in [6.45, 7) is 3.69. The first-order chi connectivity index (χ1) is 13.4. The molecule has 3 aromatic rings. The molecule has 0 unspecified atom stereocenters. The molecule has 0 saturated heterocycles. The topological polar surface area (TPSA) is 133 Å². The first-order valence-electron chi connectivity index (χ1n) is 8.68. The third-order valence-corrected chi connectivity index (χ3v) is 3.95. The van der Waals surface area contributed by atoms with Gasteiger partial charge >= 0.3 is 0 Å². The van der Waals surface area contributed by atoms with Gasteiger partial charge in [-0.05, 0) is 19.4 Å². The number of carbonyl (C=O) groups is 2. The molecule has 3 rings (SSSR count). The first-order valence-corrected chi connectivity index (χ1v) is 8.68. The molecule has 0 spiro atoms. The number of aromatic amines is 1. The van der Waals surface area contributed by atoms with Crippen molar-refractivity contribution in [1.29, 1.82) is 0 Å². The number of carbonyl (C=O) groups excluding carboxylic acids is 2. The molecule has 9 heteroatoms. The van der Waals surface area contributed by atoms with Crippen LogP contribution in [0.25, 0.3) is 5.95 Å². The number of nitrogens with zero attached hydrogens (tertiary/aromatic N) is 3. The van der Waals surface area contributed by atoms with E-state index in [1.54, 1.807) is 19.1 Å². The summed E-state index contributed by atoms with van der Waals surface area (Å²) in [6, 6.07) is 8.74. The number of benzene rings is 1. The SMILES string of the molecule is CCCc1cc(=O)[nH]c(-n2nc(C)cc2NC(=O)c2ccccc2C(=O)[O-])n1. The molecule has 0 atom stereocenters. The van der Waals surface area contributed by atoms with Crippen molar-refractivity contribution in [3.05, 3.63) is 69.3 Å². The van der Waals surface area contributed by atoms with E-state index in [4.69, 9.17) is 0 Å². The summed E-state index contributed by atoms with van der Waals surface area (Å²) < 4.78 is 1.30. The Morgan fingerprint density at radius 1 is 1.21 bits per heavy atom. The molecular formula is C19H18N5O4-. The van der Waals surface area contributed by atoms with Crippen LogP contribution in [0.3, 0.4) is 0 Å². The van der Waals surface area contributed by atoms with Gasteiger partial charge in [0.25, 0.3) is 11.5 Å². The normalized spacial score (nSPS) is 10.6. The fraction of sp³-hybridized carbons (Fsp3) is 0.211. The number of aromatic nitrogens is 4. The van der Waals surface area contributed by atoms with Crippen LogP contribution >= 0.6 is 0 Å². The van der Waals surface area contributed by atoms with E-state index in [9.17, 15) is 19.5 Å². The minimum atomic E-state index is -1.45. The first kappa shape index (κ1) is 19.0. The van der Waals surface area contributed by atoms with E-state index >= 15 is 0 Å². The standard InChI is InChI=1S/C19H19N5O4/c1-3-6-12-10-16(25)22-19(20-12)24-15(9-11(2)23-24)21-17(26)13-7-4-5-8-14(13)18(27)28/h4-5,7-10H,3,6H2,1-2H3,(H,21,26)(H,27,28)(H,20,22,25)/p-1. The highest BCUT2D eigenvalue weighted by Crippen LogP contribution is 2.17. The Bertz CT molecular complexity index is 1100. The van der Waals surface area contributed by atoms with Crippen molar-refractivity contribution >= 4 is 17.7 Å². The minimum Gasteiger partial charge on any atom is -0.545 e. The van der Waals surface area contributed by atoms with Crippen LogP contribution in [0.2, 0.25) is 0 Å². The van der Waals surface area contributed by atoms with E-state index in [0.717, 1.165) is 6.42 Å². The zero-order valence-electron chi connectivity index (χ0n) is 15.4. The molecule has 1 amide bonds. The van der Waals surface area contributed by atoms with Crippen LogP contribution in [0.15, 0.2) is 41.2 Å². The van der Waals surface area contributed by atoms with E-state index in [-0.39, 0.29) is 28.5 Å².